The average Bonchev–Trinajstić information content (AvgIpc) is 2.26. The highest BCUT2D eigenvalue weighted by atomic mass is 16.4. The number of carboxylic acids is 1. The van der Waals surface area contributed by atoms with Crippen LogP contribution in [0.3, 0.4) is 0 Å². The number of hydrogen-bond donors (Lipinski definition) is 3. The lowest BCUT2D eigenvalue weighted by atomic mass is 9.91. The van der Waals surface area contributed by atoms with Gasteiger partial charge in [-0.3, -0.25) is 0 Å². The van der Waals surface area contributed by atoms with E-state index >= 15 is 0 Å². The van der Waals surface area contributed by atoms with Gasteiger partial charge in [0.15, 0.2) is 0 Å². The number of aliphatic hydroxyl groups excluding tert-OH is 1. The Morgan fingerprint density at radius 1 is 1.56 bits per heavy atom. The Hall–Kier alpha value is -1.82. The summed E-state index contributed by atoms with van der Waals surface area (Å²) in [6, 6.07) is 1.82. The Kier molecular flexibility index (Phi) is 3.66. The maximum Gasteiger partial charge on any atom is 0.337 e. The third-order valence-corrected chi connectivity index (χ3v) is 3.30. The van der Waals surface area contributed by atoms with Crippen molar-refractivity contribution in [3.8, 4) is 0 Å². The molecule has 0 amide bonds. The molecule has 2 rings (SSSR count). The van der Waals surface area contributed by atoms with Crippen molar-refractivity contribution in [2.75, 3.05) is 23.8 Å². The van der Waals surface area contributed by atoms with Crippen LogP contribution >= 0.6 is 0 Å². The van der Waals surface area contributed by atoms with Gasteiger partial charge in [-0.25, -0.2) is 9.78 Å². The first kappa shape index (κ1) is 12.6. The first-order valence-electron chi connectivity index (χ1n) is 5.99. The van der Waals surface area contributed by atoms with Gasteiger partial charge in [0.05, 0.1) is 24.1 Å². The van der Waals surface area contributed by atoms with E-state index in [4.69, 9.17) is 15.9 Å². The molecule has 1 fully saturated rings. The van der Waals surface area contributed by atoms with Crippen LogP contribution in [0, 0.1) is 0 Å². The third kappa shape index (κ3) is 2.38. The van der Waals surface area contributed by atoms with Crippen LogP contribution < -0.4 is 10.6 Å². The molecule has 0 saturated heterocycles. The van der Waals surface area contributed by atoms with Gasteiger partial charge in [-0.1, -0.05) is 0 Å². The average molecular weight is 251 g/mol. The summed E-state index contributed by atoms with van der Waals surface area (Å²) in [5.41, 5.74) is 5.79. The minimum atomic E-state index is -1.06. The van der Waals surface area contributed by atoms with E-state index < -0.39 is 5.97 Å². The molecule has 4 N–H and O–H groups in total. The molecule has 0 radical (unpaired) electrons. The molecule has 18 heavy (non-hydrogen) atoms. The zero-order chi connectivity index (χ0) is 13.1. The van der Waals surface area contributed by atoms with E-state index in [0.29, 0.717) is 18.4 Å². The number of aromatic carboxylic acids is 1. The normalized spacial score (nSPS) is 15.2. The quantitative estimate of drug-likeness (QED) is 0.712. The summed E-state index contributed by atoms with van der Waals surface area (Å²) in [4.78, 5) is 17.2. The minimum Gasteiger partial charge on any atom is -0.478 e. The number of aliphatic hydroxyl groups is 1. The molecule has 0 bridgehead atoms. The summed E-state index contributed by atoms with van der Waals surface area (Å²) in [5, 5.41) is 18.1. The van der Waals surface area contributed by atoms with Crippen molar-refractivity contribution in [1.29, 1.82) is 0 Å². The van der Waals surface area contributed by atoms with E-state index in [9.17, 15) is 4.79 Å². The summed E-state index contributed by atoms with van der Waals surface area (Å²) in [5.74, 6) is -0.492. The van der Waals surface area contributed by atoms with Crippen molar-refractivity contribution in [3.05, 3.63) is 17.8 Å². The van der Waals surface area contributed by atoms with Gasteiger partial charge in [0, 0.05) is 12.6 Å². The summed E-state index contributed by atoms with van der Waals surface area (Å²) in [6.07, 6.45) is 4.62. The standard InChI is InChI=1S/C12H17N3O3/c13-10-7-14-11(6-9(10)12(17)18)15(4-5-16)8-2-1-3-8/h6-8,16H,1-5,13H2,(H,17,18). The Bertz CT molecular complexity index is 446. The molecule has 0 aliphatic heterocycles. The van der Waals surface area contributed by atoms with Gasteiger partial charge in [-0.15, -0.1) is 0 Å². The first-order chi connectivity index (χ1) is 8.63. The van der Waals surface area contributed by atoms with E-state index in [1.54, 1.807) is 0 Å². The highest BCUT2D eigenvalue weighted by Crippen LogP contribution is 2.29. The maximum absolute atomic E-state index is 11.0. The van der Waals surface area contributed by atoms with Crippen LogP contribution in [-0.4, -0.2) is 40.4 Å². The Labute approximate surface area is 105 Å². The van der Waals surface area contributed by atoms with Crippen LogP contribution in [0.5, 0.6) is 0 Å². The number of nitrogens with zero attached hydrogens (tertiary/aromatic N) is 2. The molecule has 6 heteroatoms. The number of rotatable bonds is 5. The molecule has 0 atom stereocenters. The number of nitrogens with two attached hydrogens (primary N) is 1. The van der Waals surface area contributed by atoms with E-state index in [0.717, 1.165) is 19.3 Å². The van der Waals surface area contributed by atoms with E-state index in [2.05, 4.69) is 4.98 Å². The predicted octanol–water partition coefficient (Wildman–Crippen LogP) is 0.713. The highest BCUT2D eigenvalue weighted by molar-refractivity contribution is 5.94. The first-order valence-corrected chi connectivity index (χ1v) is 5.99. The van der Waals surface area contributed by atoms with Gasteiger partial charge in [-0.05, 0) is 25.3 Å². The van der Waals surface area contributed by atoms with Gasteiger partial charge in [0.2, 0.25) is 0 Å². The molecule has 6 nitrogen and oxygen atoms in total. The van der Waals surface area contributed by atoms with Crippen molar-refractivity contribution in [2.24, 2.45) is 0 Å². The maximum atomic E-state index is 11.0. The molecule has 1 aromatic rings. The second kappa shape index (κ2) is 5.22. The summed E-state index contributed by atoms with van der Waals surface area (Å²) >= 11 is 0. The molecule has 1 saturated carbocycles. The topological polar surface area (TPSA) is 99.7 Å². The fraction of sp³-hybridized carbons (Fsp3) is 0.500. The van der Waals surface area contributed by atoms with Crippen LogP contribution in [0.15, 0.2) is 12.3 Å². The van der Waals surface area contributed by atoms with Gasteiger partial charge in [0.25, 0.3) is 0 Å². The SMILES string of the molecule is Nc1cnc(N(CCO)C2CCC2)cc1C(=O)O. The molecule has 1 aliphatic carbocycles. The van der Waals surface area contributed by atoms with Gasteiger partial charge >= 0.3 is 5.97 Å². The van der Waals surface area contributed by atoms with Crippen LogP contribution in [-0.2, 0) is 0 Å². The monoisotopic (exact) mass is 251 g/mol. The second-order valence-electron chi connectivity index (χ2n) is 4.44. The van der Waals surface area contributed by atoms with Crippen molar-refractivity contribution in [3.63, 3.8) is 0 Å². The zero-order valence-corrected chi connectivity index (χ0v) is 10.0. The molecule has 98 valence electrons. The van der Waals surface area contributed by atoms with E-state index in [1.165, 1.54) is 12.3 Å². The van der Waals surface area contributed by atoms with Crippen molar-refractivity contribution in [1.82, 2.24) is 4.98 Å². The van der Waals surface area contributed by atoms with Crippen molar-refractivity contribution < 1.29 is 15.0 Å². The minimum absolute atomic E-state index is 0.0188. The second-order valence-corrected chi connectivity index (χ2v) is 4.44. The molecule has 1 heterocycles. The molecule has 1 aromatic heterocycles. The molecule has 1 aliphatic rings. The number of aromatic nitrogens is 1. The number of pyridine rings is 1. The molecule has 0 aromatic carbocycles. The largest absolute Gasteiger partial charge is 0.478 e. The molecule has 0 spiro atoms. The molecular weight excluding hydrogens is 234 g/mol. The number of anilines is 2. The summed E-state index contributed by atoms with van der Waals surface area (Å²) in [6.45, 7) is 0.478. The number of carboxylic acid groups (broad SMARTS) is 1. The number of carbonyl (C=O) groups is 1. The number of nitrogen functional groups attached to an aromatic ring is 1. The Morgan fingerprint density at radius 3 is 2.78 bits per heavy atom. The zero-order valence-electron chi connectivity index (χ0n) is 10.0. The lowest BCUT2D eigenvalue weighted by Crippen LogP contribution is -2.42. The summed E-state index contributed by atoms with van der Waals surface area (Å²) in [7, 11) is 0. The summed E-state index contributed by atoms with van der Waals surface area (Å²) < 4.78 is 0. The van der Waals surface area contributed by atoms with E-state index in [-0.39, 0.29) is 17.9 Å². The van der Waals surface area contributed by atoms with Crippen molar-refractivity contribution >= 4 is 17.5 Å². The lowest BCUT2D eigenvalue weighted by molar-refractivity contribution is 0.0698. The van der Waals surface area contributed by atoms with Crippen LogP contribution in [0.1, 0.15) is 29.6 Å². The van der Waals surface area contributed by atoms with Crippen molar-refractivity contribution in [2.45, 2.75) is 25.3 Å². The molecular formula is C12H17N3O3. The van der Waals surface area contributed by atoms with Crippen LogP contribution in [0.25, 0.3) is 0 Å². The van der Waals surface area contributed by atoms with Gasteiger partial charge in [-0.2, -0.15) is 0 Å². The smallest absolute Gasteiger partial charge is 0.337 e. The molecule has 0 unspecified atom stereocenters. The fourth-order valence-corrected chi connectivity index (χ4v) is 2.09. The van der Waals surface area contributed by atoms with E-state index in [1.807, 2.05) is 4.90 Å². The van der Waals surface area contributed by atoms with Gasteiger partial charge in [0.1, 0.15) is 5.82 Å². The van der Waals surface area contributed by atoms with Gasteiger partial charge < -0.3 is 20.8 Å². The fourth-order valence-electron chi connectivity index (χ4n) is 2.09. The van der Waals surface area contributed by atoms with Crippen LogP contribution in [0.2, 0.25) is 0 Å². The number of hydrogen-bond acceptors (Lipinski definition) is 5. The Morgan fingerprint density at radius 2 is 2.28 bits per heavy atom. The third-order valence-electron chi connectivity index (χ3n) is 3.30. The predicted molar refractivity (Wildman–Crippen MR) is 67.7 cm³/mol. The Balaban J connectivity index is 2.29. The lowest BCUT2D eigenvalue weighted by Gasteiger charge is -2.38. The highest BCUT2D eigenvalue weighted by Gasteiger charge is 2.26. The van der Waals surface area contributed by atoms with Crippen LogP contribution in [0.4, 0.5) is 11.5 Å².